The summed E-state index contributed by atoms with van der Waals surface area (Å²) in [7, 11) is 0. The van der Waals surface area contributed by atoms with Crippen molar-refractivity contribution >= 4 is 5.78 Å². The third kappa shape index (κ3) is 3.81. The van der Waals surface area contributed by atoms with Crippen LogP contribution in [0.25, 0.3) is 0 Å². The average molecular weight is 221 g/mol. The van der Waals surface area contributed by atoms with Gasteiger partial charge in [0, 0.05) is 18.3 Å². The number of Topliss-reactive ketones (excluding diaryl/α,β-unsaturated/α-hetero) is 1. The molecule has 0 aliphatic heterocycles. The van der Waals surface area contributed by atoms with Crippen LogP contribution < -0.4 is 0 Å². The van der Waals surface area contributed by atoms with Crippen LogP contribution in [0.5, 0.6) is 0 Å². The Morgan fingerprint density at radius 3 is 2.56 bits per heavy atom. The summed E-state index contributed by atoms with van der Waals surface area (Å²) >= 11 is 0. The monoisotopic (exact) mass is 221 g/mol. The van der Waals surface area contributed by atoms with Crippen molar-refractivity contribution in [2.45, 2.75) is 32.2 Å². The first-order chi connectivity index (χ1) is 7.61. The van der Waals surface area contributed by atoms with Crippen LogP contribution in [0.4, 0.5) is 0 Å². The predicted molar refractivity (Wildman–Crippen MR) is 60.8 cm³/mol. The van der Waals surface area contributed by atoms with Gasteiger partial charge in [-0.1, -0.05) is 30.3 Å². The van der Waals surface area contributed by atoms with Crippen molar-refractivity contribution in [3.05, 3.63) is 46.0 Å². The Bertz CT molecular complexity index is 362. The minimum atomic E-state index is -1.07. The van der Waals surface area contributed by atoms with E-state index in [1.807, 2.05) is 30.3 Å². The van der Waals surface area contributed by atoms with E-state index in [0.717, 1.165) is 12.0 Å². The second-order valence-electron chi connectivity index (χ2n) is 3.77. The van der Waals surface area contributed by atoms with Gasteiger partial charge in [0.2, 0.25) is 5.78 Å². The van der Waals surface area contributed by atoms with Gasteiger partial charge in [-0.05, 0) is 18.4 Å². The molecule has 1 aromatic carbocycles. The Kier molecular flexibility index (Phi) is 4.64. The second kappa shape index (κ2) is 6.00. The van der Waals surface area contributed by atoms with Crippen LogP contribution in [0, 0.1) is 10.1 Å². The summed E-state index contributed by atoms with van der Waals surface area (Å²) in [5, 5.41) is 10.4. The number of nitro groups is 1. The lowest BCUT2D eigenvalue weighted by Crippen LogP contribution is -2.25. The molecule has 0 aromatic heterocycles. The van der Waals surface area contributed by atoms with Gasteiger partial charge in [-0.25, -0.2) is 0 Å². The Hall–Kier alpha value is -1.71. The maximum absolute atomic E-state index is 11.3. The normalized spacial score (nSPS) is 12.1. The van der Waals surface area contributed by atoms with Crippen LogP contribution in [-0.2, 0) is 11.2 Å². The summed E-state index contributed by atoms with van der Waals surface area (Å²) < 4.78 is 0. The van der Waals surface area contributed by atoms with E-state index in [-0.39, 0.29) is 12.2 Å². The first-order valence-corrected chi connectivity index (χ1v) is 5.31. The molecule has 0 spiro atoms. The van der Waals surface area contributed by atoms with E-state index >= 15 is 0 Å². The Morgan fingerprint density at radius 2 is 2.00 bits per heavy atom. The minimum Gasteiger partial charge on any atom is -0.292 e. The highest BCUT2D eigenvalue weighted by Gasteiger charge is 2.22. The quantitative estimate of drug-likeness (QED) is 0.546. The van der Waals surface area contributed by atoms with Crippen LogP contribution >= 0.6 is 0 Å². The summed E-state index contributed by atoms with van der Waals surface area (Å²) in [6.07, 6.45) is 1.73. The Morgan fingerprint density at radius 1 is 1.38 bits per heavy atom. The summed E-state index contributed by atoms with van der Waals surface area (Å²) in [5.41, 5.74) is 1.16. The molecule has 4 heteroatoms. The molecule has 0 N–H and O–H groups in total. The molecule has 1 unspecified atom stereocenters. The SMILES string of the molecule is CC(C(=O)CCCc1ccccc1)[N+](=O)[O-]. The van der Waals surface area contributed by atoms with Gasteiger partial charge in [-0.15, -0.1) is 0 Å². The molecule has 0 saturated heterocycles. The van der Waals surface area contributed by atoms with Crippen LogP contribution in [0.1, 0.15) is 25.3 Å². The summed E-state index contributed by atoms with van der Waals surface area (Å²) in [4.78, 5) is 21.2. The van der Waals surface area contributed by atoms with Gasteiger partial charge in [0.25, 0.3) is 6.04 Å². The fourth-order valence-electron chi connectivity index (χ4n) is 1.44. The molecule has 0 aliphatic rings. The topological polar surface area (TPSA) is 60.2 Å². The molecule has 0 fully saturated rings. The molecule has 0 saturated carbocycles. The highest BCUT2D eigenvalue weighted by atomic mass is 16.6. The van der Waals surface area contributed by atoms with Crippen molar-refractivity contribution in [3.63, 3.8) is 0 Å². The number of hydrogen-bond donors (Lipinski definition) is 0. The van der Waals surface area contributed by atoms with Crippen LogP contribution in [0.3, 0.4) is 0 Å². The van der Waals surface area contributed by atoms with Gasteiger partial charge in [-0.3, -0.25) is 14.9 Å². The highest BCUT2D eigenvalue weighted by molar-refractivity contribution is 5.82. The molecule has 4 nitrogen and oxygen atoms in total. The zero-order valence-corrected chi connectivity index (χ0v) is 9.26. The van der Waals surface area contributed by atoms with Crippen molar-refractivity contribution in [1.29, 1.82) is 0 Å². The predicted octanol–water partition coefficient (Wildman–Crippen LogP) is 2.24. The minimum absolute atomic E-state index is 0.275. The van der Waals surface area contributed by atoms with Crippen molar-refractivity contribution in [1.82, 2.24) is 0 Å². The zero-order valence-electron chi connectivity index (χ0n) is 9.26. The second-order valence-corrected chi connectivity index (χ2v) is 3.77. The smallest absolute Gasteiger partial charge is 0.267 e. The van der Waals surface area contributed by atoms with E-state index in [9.17, 15) is 14.9 Å². The fourth-order valence-corrected chi connectivity index (χ4v) is 1.44. The number of rotatable bonds is 6. The van der Waals surface area contributed by atoms with E-state index in [1.54, 1.807) is 0 Å². The molecule has 1 atom stereocenters. The largest absolute Gasteiger partial charge is 0.292 e. The lowest BCUT2D eigenvalue weighted by Gasteiger charge is -2.03. The van der Waals surface area contributed by atoms with E-state index in [0.29, 0.717) is 6.42 Å². The molecule has 0 radical (unpaired) electrons. The molecule has 0 aliphatic carbocycles. The van der Waals surface area contributed by atoms with Gasteiger partial charge < -0.3 is 0 Å². The molecule has 1 rings (SSSR count). The fraction of sp³-hybridized carbons (Fsp3) is 0.417. The lowest BCUT2D eigenvalue weighted by molar-refractivity contribution is -0.503. The van der Waals surface area contributed by atoms with Gasteiger partial charge in [-0.2, -0.15) is 0 Å². The van der Waals surface area contributed by atoms with Crippen LogP contribution in [-0.4, -0.2) is 16.7 Å². The van der Waals surface area contributed by atoms with Crippen molar-refractivity contribution < 1.29 is 9.72 Å². The van der Waals surface area contributed by atoms with E-state index in [2.05, 4.69) is 0 Å². The first kappa shape index (κ1) is 12.4. The van der Waals surface area contributed by atoms with Crippen molar-refractivity contribution in [2.75, 3.05) is 0 Å². The number of benzene rings is 1. The van der Waals surface area contributed by atoms with E-state index in [4.69, 9.17) is 0 Å². The Labute approximate surface area is 94.4 Å². The van der Waals surface area contributed by atoms with Crippen LogP contribution in [0.2, 0.25) is 0 Å². The lowest BCUT2D eigenvalue weighted by atomic mass is 10.0. The van der Waals surface area contributed by atoms with Gasteiger partial charge in [0.15, 0.2) is 0 Å². The zero-order chi connectivity index (χ0) is 12.0. The molecule has 0 heterocycles. The number of carbonyl (C=O) groups excluding carboxylic acids is 1. The first-order valence-electron chi connectivity index (χ1n) is 5.31. The summed E-state index contributed by atoms with van der Waals surface area (Å²) in [5.74, 6) is -0.291. The van der Waals surface area contributed by atoms with Gasteiger partial charge in [0.05, 0.1) is 0 Å². The molecular weight excluding hydrogens is 206 g/mol. The van der Waals surface area contributed by atoms with Crippen molar-refractivity contribution in [2.24, 2.45) is 0 Å². The molecule has 0 bridgehead atoms. The van der Waals surface area contributed by atoms with E-state index < -0.39 is 11.0 Å². The van der Waals surface area contributed by atoms with Crippen LogP contribution in [0.15, 0.2) is 30.3 Å². The van der Waals surface area contributed by atoms with Crippen molar-refractivity contribution in [3.8, 4) is 0 Å². The number of nitrogens with zero attached hydrogens (tertiary/aromatic N) is 1. The number of hydrogen-bond acceptors (Lipinski definition) is 3. The Balaban J connectivity index is 2.31. The molecule has 1 aromatic rings. The standard InChI is InChI=1S/C12H15NO3/c1-10(13(15)16)12(14)9-5-8-11-6-3-2-4-7-11/h2-4,6-7,10H,5,8-9H2,1H3. The van der Waals surface area contributed by atoms with E-state index in [1.165, 1.54) is 6.92 Å². The summed E-state index contributed by atoms with van der Waals surface area (Å²) in [6.45, 7) is 1.34. The molecule has 0 amide bonds. The average Bonchev–Trinajstić information content (AvgIpc) is 2.29. The maximum Gasteiger partial charge on any atom is 0.267 e. The molecular formula is C12H15NO3. The molecule has 16 heavy (non-hydrogen) atoms. The number of aryl methyl sites for hydroxylation is 1. The molecule has 86 valence electrons. The third-order valence-electron chi connectivity index (χ3n) is 2.51. The van der Waals surface area contributed by atoms with Gasteiger partial charge in [0.1, 0.15) is 0 Å². The summed E-state index contributed by atoms with van der Waals surface area (Å²) in [6, 6.07) is 8.72. The van der Waals surface area contributed by atoms with Gasteiger partial charge >= 0.3 is 0 Å². The third-order valence-corrected chi connectivity index (χ3v) is 2.51. The number of carbonyl (C=O) groups is 1. The highest BCUT2D eigenvalue weighted by Crippen LogP contribution is 2.06. The number of ketones is 1. The maximum atomic E-state index is 11.3.